The van der Waals surface area contributed by atoms with Crippen molar-refractivity contribution >= 4 is 0 Å². The van der Waals surface area contributed by atoms with Gasteiger partial charge in [-0.2, -0.15) is 0 Å². The van der Waals surface area contributed by atoms with E-state index >= 15 is 0 Å². The molecular formula is C14H28. The lowest BCUT2D eigenvalue weighted by atomic mass is 9.88. The molecule has 0 aromatic carbocycles. The van der Waals surface area contributed by atoms with Crippen molar-refractivity contribution in [3.63, 3.8) is 0 Å². The first-order valence-electron chi connectivity index (χ1n) is 6.63. The predicted octanol–water partition coefficient (Wildman–Crippen LogP) is 4.89. The average molecular weight is 196 g/mol. The van der Waals surface area contributed by atoms with Crippen LogP contribution in [0.3, 0.4) is 0 Å². The maximum absolute atomic E-state index is 2.46. The smallest absolute Gasteiger partial charge is 0.0391 e. The molecule has 0 aromatic rings. The highest BCUT2D eigenvalue weighted by Gasteiger charge is 2.23. The lowest BCUT2D eigenvalue weighted by molar-refractivity contribution is 0.328. The molecule has 0 saturated heterocycles. The molecule has 1 rings (SSSR count). The van der Waals surface area contributed by atoms with E-state index in [-0.39, 0.29) is 0 Å². The molecule has 0 heteroatoms. The van der Waals surface area contributed by atoms with E-state index in [4.69, 9.17) is 0 Å². The third kappa shape index (κ3) is 3.63. The molecule has 0 amide bonds. The van der Waals surface area contributed by atoms with E-state index in [1.54, 1.807) is 0 Å². The van der Waals surface area contributed by atoms with Gasteiger partial charge >= 0.3 is 0 Å². The second kappa shape index (κ2) is 5.78. The van der Waals surface area contributed by atoms with Gasteiger partial charge in [-0.25, -0.2) is 0 Å². The summed E-state index contributed by atoms with van der Waals surface area (Å²) in [5.41, 5.74) is 0. The molecule has 1 saturated carbocycles. The topological polar surface area (TPSA) is 0 Å². The molecule has 0 aliphatic heterocycles. The fourth-order valence-electron chi connectivity index (χ4n) is 3.12. The Morgan fingerprint density at radius 3 is 2.29 bits per heavy atom. The lowest BCUT2D eigenvalue weighted by Gasteiger charge is -2.18. The van der Waals surface area contributed by atoms with Gasteiger partial charge in [0, 0.05) is 0 Å². The zero-order chi connectivity index (χ0) is 10.6. The second-order valence-electron chi connectivity index (χ2n) is 5.80. The zero-order valence-electron chi connectivity index (χ0n) is 10.6. The van der Waals surface area contributed by atoms with Crippen LogP contribution in [0.1, 0.15) is 66.2 Å². The summed E-state index contributed by atoms with van der Waals surface area (Å²) in [7, 11) is 0. The largest absolute Gasteiger partial charge is 0.0651 e. The van der Waals surface area contributed by atoms with Crippen LogP contribution in [0.25, 0.3) is 0 Å². The van der Waals surface area contributed by atoms with Crippen LogP contribution >= 0.6 is 0 Å². The van der Waals surface area contributed by atoms with Crippen molar-refractivity contribution in [2.45, 2.75) is 66.2 Å². The molecule has 0 spiro atoms. The maximum atomic E-state index is 2.46. The van der Waals surface area contributed by atoms with Gasteiger partial charge in [0.05, 0.1) is 0 Å². The molecule has 3 unspecified atom stereocenters. The maximum Gasteiger partial charge on any atom is -0.0391 e. The first-order chi connectivity index (χ1) is 6.63. The number of hydrogen-bond acceptors (Lipinski definition) is 0. The molecule has 1 aliphatic carbocycles. The number of rotatable bonds is 3. The Morgan fingerprint density at radius 2 is 1.71 bits per heavy atom. The highest BCUT2D eigenvalue weighted by molar-refractivity contribution is 4.75. The molecule has 84 valence electrons. The molecular weight excluding hydrogens is 168 g/mol. The fourth-order valence-corrected chi connectivity index (χ4v) is 3.12. The Labute approximate surface area is 90.5 Å². The molecule has 0 aromatic heterocycles. The van der Waals surface area contributed by atoms with Crippen LogP contribution in [0.2, 0.25) is 0 Å². The Balaban J connectivity index is 2.39. The standard InChI is InChI=1S/C14H28/c1-5-14-9-8-13(10-11(2)3)7-6-12(14)4/h11-14H,5-10H2,1-4H3. The van der Waals surface area contributed by atoms with Crippen molar-refractivity contribution in [1.82, 2.24) is 0 Å². The van der Waals surface area contributed by atoms with Gasteiger partial charge in [0.15, 0.2) is 0 Å². The first kappa shape index (κ1) is 12.1. The minimum atomic E-state index is 0.897. The molecule has 0 radical (unpaired) electrons. The predicted molar refractivity (Wildman–Crippen MR) is 64.4 cm³/mol. The summed E-state index contributed by atoms with van der Waals surface area (Å²) in [4.78, 5) is 0. The summed E-state index contributed by atoms with van der Waals surface area (Å²) in [5.74, 6) is 3.94. The summed E-state index contributed by atoms with van der Waals surface area (Å²) >= 11 is 0. The molecule has 1 aliphatic rings. The second-order valence-corrected chi connectivity index (χ2v) is 5.80. The van der Waals surface area contributed by atoms with Crippen LogP contribution in [-0.2, 0) is 0 Å². The van der Waals surface area contributed by atoms with Crippen molar-refractivity contribution in [2.75, 3.05) is 0 Å². The molecule has 1 fully saturated rings. The highest BCUT2D eigenvalue weighted by atomic mass is 14.3. The van der Waals surface area contributed by atoms with E-state index in [0.717, 1.165) is 23.7 Å². The highest BCUT2D eigenvalue weighted by Crippen LogP contribution is 2.35. The summed E-state index contributed by atoms with van der Waals surface area (Å²) in [6, 6.07) is 0. The minimum absolute atomic E-state index is 0.897. The monoisotopic (exact) mass is 196 g/mol. The van der Waals surface area contributed by atoms with Gasteiger partial charge < -0.3 is 0 Å². The normalized spacial score (nSPS) is 34.5. The van der Waals surface area contributed by atoms with E-state index in [1.165, 1.54) is 38.5 Å². The molecule has 0 N–H and O–H groups in total. The Hall–Kier alpha value is 0. The van der Waals surface area contributed by atoms with Gasteiger partial charge in [0.25, 0.3) is 0 Å². The summed E-state index contributed by atoms with van der Waals surface area (Å²) in [5, 5.41) is 0. The summed E-state index contributed by atoms with van der Waals surface area (Å²) < 4.78 is 0. The molecule has 0 bridgehead atoms. The third-order valence-corrected chi connectivity index (χ3v) is 4.11. The van der Waals surface area contributed by atoms with Crippen molar-refractivity contribution in [2.24, 2.45) is 23.7 Å². The van der Waals surface area contributed by atoms with Crippen molar-refractivity contribution in [1.29, 1.82) is 0 Å². The zero-order valence-corrected chi connectivity index (χ0v) is 10.6. The van der Waals surface area contributed by atoms with Gasteiger partial charge in [-0.05, 0) is 36.5 Å². The van der Waals surface area contributed by atoms with Gasteiger partial charge in [0.2, 0.25) is 0 Å². The SMILES string of the molecule is CCC1CCC(CC(C)C)CCC1C. The fraction of sp³-hybridized carbons (Fsp3) is 1.00. The molecule has 0 heterocycles. The quantitative estimate of drug-likeness (QED) is 0.564. The van der Waals surface area contributed by atoms with Crippen molar-refractivity contribution in [3.8, 4) is 0 Å². The van der Waals surface area contributed by atoms with Gasteiger partial charge in [-0.1, -0.05) is 53.4 Å². The van der Waals surface area contributed by atoms with Crippen LogP contribution in [-0.4, -0.2) is 0 Å². The summed E-state index contributed by atoms with van der Waals surface area (Å²) in [6.07, 6.45) is 8.83. The van der Waals surface area contributed by atoms with Gasteiger partial charge in [0.1, 0.15) is 0 Å². The van der Waals surface area contributed by atoms with Gasteiger partial charge in [-0.15, -0.1) is 0 Å². The Bertz CT molecular complexity index is 148. The van der Waals surface area contributed by atoms with Crippen LogP contribution in [0.4, 0.5) is 0 Å². The molecule has 3 atom stereocenters. The van der Waals surface area contributed by atoms with E-state index in [2.05, 4.69) is 27.7 Å². The van der Waals surface area contributed by atoms with E-state index < -0.39 is 0 Å². The Morgan fingerprint density at radius 1 is 1.07 bits per heavy atom. The third-order valence-electron chi connectivity index (χ3n) is 4.11. The molecule has 14 heavy (non-hydrogen) atoms. The van der Waals surface area contributed by atoms with Crippen LogP contribution in [0, 0.1) is 23.7 Å². The van der Waals surface area contributed by atoms with Crippen LogP contribution in [0.5, 0.6) is 0 Å². The number of hydrogen-bond donors (Lipinski definition) is 0. The molecule has 0 nitrogen and oxygen atoms in total. The minimum Gasteiger partial charge on any atom is -0.0651 e. The van der Waals surface area contributed by atoms with Crippen molar-refractivity contribution < 1.29 is 0 Å². The summed E-state index contributed by atoms with van der Waals surface area (Å²) in [6.45, 7) is 9.56. The lowest BCUT2D eigenvalue weighted by Crippen LogP contribution is -2.07. The van der Waals surface area contributed by atoms with E-state index in [0.29, 0.717) is 0 Å². The Kier molecular flexibility index (Phi) is 4.98. The van der Waals surface area contributed by atoms with Crippen LogP contribution in [0.15, 0.2) is 0 Å². The van der Waals surface area contributed by atoms with Crippen LogP contribution < -0.4 is 0 Å². The first-order valence-corrected chi connectivity index (χ1v) is 6.63. The van der Waals surface area contributed by atoms with Gasteiger partial charge in [-0.3, -0.25) is 0 Å². The average Bonchev–Trinajstić information content (AvgIpc) is 2.28. The van der Waals surface area contributed by atoms with Crippen molar-refractivity contribution in [3.05, 3.63) is 0 Å². The van der Waals surface area contributed by atoms with E-state index in [1.807, 2.05) is 0 Å². The van der Waals surface area contributed by atoms with E-state index in [9.17, 15) is 0 Å².